The van der Waals surface area contributed by atoms with Crippen molar-refractivity contribution in [2.24, 2.45) is 0 Å². The molecule has 0 radical (unpaired) electrons. The average Bonchev–Trinajstić information content (AvgIpc) is 3.17. The summed E-state index contributed by atoms with van der Waals surface area (Å²) in [6.07, 6.45) is 1.61. The molecular weight excluding hydrogens is 380 g/mol. The zero-order valence-electron chi connectivity index (χ0n) is 17.8. The van der Waals surface area contributed by atoms with Crippen molar-refractivity contribution in [1.29, 1.82) is 0 Å². The van der Waals surface area contributed by atoms with E-state index in [1.54, 1.807) is 6.33 Å². The molecule has 0 amide bonds. The first-order valence-corrected chi connectivity index (χ1v) is 10.6. The fraction of sp³-hybridized carbons (Fsp3) is 0.143. The van der Waals surface area contributed by atoms with Gasteiger partial charge in [-0.3, -0.25) is 0 Å². The van der Waals surface area contributed by atoms with Crippen LogP contribution in [0.4, 0.5) is 0 Å². The molecule has 3 nitrogen and oxygen atoms in total. The van der Waals surface area contributed by atoms with Crippen molar-refractivity contribution in [2.45, 2.75) is 26.2 Å². The Morgan fingerprint density at radius 2 is 1.45 bits per heavy atom. The summed E-state index contributed by atoms with van der Waals surface area (Å²) >= 11 is 0. The molecule has 150 valence electrons. The second-order valence-corrected chi connectivity index (χ2v) is 9.16. The van der Waals surface area contributed by atoms with Crippen LogP contribution in [0.2, 0.25) is 0 Å². The third-order valence-corrected chi connectivity index (χ3v) is 6.10. The van der Waals surface area contributed by atoms with Gasteiger partial charge in [0.1, 0.15) is 11.9 Å². The number of rotatable bonds is 1. The molecule has 0 saturated carbocycles. The molecule has 6 rings (SSSR count). The van der Waals surface area contributed by atoms with Crippen molar-refractivity contribution >= 4 is 43.6 Å². The van der Waals surface area contributed by atoms with E-state index in [0.29, 0.717) is 5.71 Å². The molecule has 6 aromatic rings. The predicted octanol–water partition coefficient (Wildman–Crippen LogP) is 7.65. The van der Waals surface area contributed by atoms with Crippen LogP contribution in [0.1, 0.15) is 26.3 Å². The molecule has 0 fully saturated rings. The van der Waals surface area contributed by atoms with Crippen LogP contribution in [0.15, 0.2) is 83.5 Å². The quantitative estimate of drug-likeness (QED) is 0.283. The molecule has 2 heterocycles. The number of aromatic nitrogens is 2. The van der Waals surface area contributed by atoms with Crippen LogP contribution < -0.4 is 0 Å². The second-order valence-electron chi connectivity index (χ2n) is 9.16. The Balaban J connectivity index is 1.72. The average molecular weight is 402 g/mol. The molecule has 0 unspecified atom stereocenters. The van der Waals surface area contributed by atoms with E-state index in [1.807, 2.05) is 12.1 Å². The van der Waals surface area contributed by atoms with Crippen molar-refractivity contribution in [1.82, 2.24) is 9.97 Å². The highest BCUT2D eigenvalue weighted by Gasteiger charge is 2.21. The lowest BCUT2D eigenvalue weighted by Gasteiger charge is -2.22. The van der Waals surface area contributed by atoms with Gasteiger partial charge in [-0.1, -0.05) is 75.4 Å². The Labute approximate surface area is 180 Å². The molecule has 0 N–H and O–H groups in total. The maximum absolute atomic E-state index is 6.26. The fourth-order valence-corrected chi connectivity index (χ4v) is 4.62. The van der Waals surface area contributed by atoms with Crippen molar-refractivity contribution in [3.05, 3.63) is 84.7 Å². The smallest absolute Gasteiger partial charge is 0.231 e. The molecule has 0 aliphatic carbocycles. The lowest BCUT2D eigenvalue weighted by molar-refractivity contribution is 0.596. The van der Waals surface area contributed by atoms with Crippen molar-refractivity contribution in [3.8, 4) is 11.3 Å². The van der Waals surface area contributed by atoms with E-state index in [1.165, 1.54) is 16.3 Å². The third kappa shape index (κ3) is 2.73. The zero-order chi connectivity index (χ0) is 21.2. The number of benzene rings is 4. The van der Waals surface area contributed by atoms with E-state index in [4.69, 9.17) is 9.40 Å². The van der Waals surface area contributed by atoms with E-state index in [0.717, 1.165) is 38.4 Å². The van der Waals surface area contributed by atoms with Crippen LogP contribution in [0.3, 0.4) is 0 Å². The van der Waals surface area contributed by atoms with Gasteiger partial charge < -0.3 is 4.42 Å². The van der Waals surface area contributed by atoms with Gasteiger partial charge in [0, 0.05) is 16.3 Å². The van der Waals surface area contributed by atoms with Gasteiger partial charge in [-0.25, -0.2) is 9.97 Å². The summed E-state index contributed by atoms with van der Waals surface area (Å²) in [7, 11) is 0. The SMILES string of the molecule is CC(C)(C)c1cc(-c2ncnc3oc4c5ccccc5ccc4c23)cc2ccccc12. The Bertz CT molecular complexity index is 1620. The topological polar surface area (TPSA) is 38.9 Å². The standard InChI is InChI=1S/C28H22N2O/c1-28(2,3)23-15-19(14-18-9-5-6-10-20(18)23)25-24-22-13-12-17-8-4-7-11-21(17)26(22)31-27(24)30-16-29-25/h4-16H,1-3H3. The minimum atomic E-state index is 0.0103. The van der Waals surface area contributed by atoms with E-state index in [-0.39, 0.29) is 5.41 Å². The summed E-state index contributed by atoms with van der Waals surface area (Å²) in [4.78, 5) is 9.21. The summed E-state index contributed by atoms with van der Waals surface area (Å²) in [5, 5.41) is 6.78. The summed E-state index contributed by atoms with van der Waals surface area (Å²) in [5.74, 6) is 0. The van der Waals surface area contributed by atoms with Crippen molar-refractivity contribution in [3.63, 3.8) is 0 Å². The molecule has 0 bridgehead atoms. The number of nitrogens with zero attached hydrogens (tertiary/aromatic N) is 2. The Morgan fingerprint density at radius 3 is 2.26 bits per heavy atom. The molecule has 4 aromatic carbocycles. The molecular formula is C28H22N2O. The van der Waals surface area contributed by atoms with Gasteiger partial charge in [-0.2, -0.15) is 0 Å². The molecule has 2 aromatic heterocycles. The van der Waals surface area contributed by atoms with Gasteiger partial charge in [0.2, 0.25) is 5.71 Å². The van der Waals surface area contributed by atoms with Gasteiger partial charge in [0.25, 0.3) is 0 Å². The van der Waals surface area contributed by atoms with Gasteiger partial charge in [0.05, 0.1) is 11.1 Å². The molecule has 0 aliphatic rings. The number of fused-ring (bicyclic) bond motifs is 6. The minimum absolute atomic E-state index is 0.0103. The summed E-state index contributed by atoms with van der Waals surface area (Å²) < 4.78 is 6.26. The van der Waals surface area contributed by atoms with E-state index in [2.05, 4.69) is 86.4 Å². The molecule has 0 spiro atoms. The largest absolute Gasteiger partial charge is 0.437 e. The van der Waals surface area contributed by atoms with Crippen LogP contribution >= 0.6 is 0 Å². The van der Waals surface area contributed by atoms with Crippen molar-refractivity contribution in [2.75, 3.05) is 0 Å². The highest BCUT2D eigenvalue weighted by molar-refractivity contribution is 6.17. The Kier molecular flexibility index (Phi) is 3.73. The van der Waals surface area contributed by atoms with Crippen LogP contribution in [0.25, 0.3) is 54.9 Å². The van der Waals surface area contributed by atoms with E-state index < -0.39 is 0 Å². The number of furan rings is 1. The zero-order valence-corrected chi connectivity index (χ0v) is 17.8. The van der Waals surface area contributed by atoms with Gasteiger partial charge in [-0.15, -0.1) is 0 Å². The van der Waals surface area contributed by atoms with Gasteiger partial charge in [0.15, 0.2) is 0 Å². The Morgan fingerprint density at radius 1 is 0.710 bits per heavy atom. The lowest BCUT2D eigenvalue weighted by Crippen LogP contribution is -2.12. The summed E-state index contributed by atoms with van der Waals surface area (Å²) in [5.41, 5.74) is 4.82. The van der Waals surface area contributed by atoms with E-state index in [9.17, 15) is 0 Å². The normalized spacial score (nSPS) is 12.4. The first-order valence-electron chi connectivity index (χ1n) is 10.6. The third-order valence-electron chi connectivity index (χ3n) is 6.10. The maximum Gasteiger partial charge on any atom is 0.231 e. The molecule has 0 saturated heterocycles. The summed E-state index contributed by atoms with van der Waals surface area (Å²) in [6.45, 7) is 6.77. The van der Waals surface area contributed by atoms with Crippen LogP contribution in [-0.4, -0.2) is 9.97 Å². The fourth-order valence-electron chi connectivity index (χ4n) is 4.62. The number of hydrogen-bond acceptors (Lipinski definition) is 3. The van der Waals surface area contributed by atoms with E-state index >= 15 is 0 Å². The highest BCUT2D eigenvalue weighted by Crippen LogP contribution is 2.40. The molecule has 31 heavy (non-hydrogen) atoms. The van der Waals surface area contributed by atoms with Crippen LogP contribution in [0, 0.1) is 0 Å². The molecule has 3 heteroatoms. The van der Waals surface area contributed by atoms with Crippen LogP contribution in [0.5, 0.6) is 0 Å². The first-order chi connectivity index (χ1) is 15.0. The first kappa shape index (κ1) is 18.1. The van der Waals surface area contributed by atoms with Crippen molar-refractivity contribution < 1.29 is 4.42 Å². The predicted molar refractivity (Wildman–Crippen MR) is 128 cm³/mol. The Hall–Kier alpha value is -3.72. The molecule has 0 aliphatic heterocycles. The summed E-state index contributed by atoms with van der Waals surface area (Å²) in [6, 6.07) is 25.6. The molecule has 0 atom stereocenters. The van der Waals surface area contributed by atoms with Gasteiger partial charge in [-0.05, 0) is 45.3 Å². The number of hydrogen-bond donors (Lipinski definition) is 0. The second kappa shape index (κ2) is 6.39. The maximum atomic E-state index is 6.26. The lowest BCUT2D eigenvalue weighted by atomic mass is 9.82. The van der Waals surface area contributed by atoms with Gasteiger partial charge >= 0.3 is 0 Å². The monoisotopic (exact) mass is 402 g/mol. The van der Waals surface area contributed by atoms with Crippen LogP contribution in [-0.2, 0) is 5.41 Å². The minimum Gasteiger partial charge on any atom is -0.437 e. The highest BCUT2D eigenvalue weighted by atomic mass is 16.3.